The van der Waals surface area contributed by atoms with E-state index in [0.717, 1.165) is 12.1 Å². The second kappa shape index (κ2) is 4.84. The predicted octanol–water partition coefficient (Wildman–Crippen LogP) is 2.40. The minimum Gasteiger partial charge on any atom is -0.388 e. The van der Waals surface area contributed by atoms with Gasteiger partial charge in [-0.1, -0.05) is 6.07 Å². The number of halogens is 3. The van der Waals surface area contributed by atoms with Crippen molar-refractivity contribution >= 4 is 0 Å². The molecule has 0 saturated carbocycles. The van der Waals surface area contributed by atoms with Crippen molar-refractivity contribution in [3.05, 3.63) is 34.9 Å². The van der Waals surface area contributed by atoms with E-state index in [-0.39, 0.29) is 0 Å². The topological polar surface area (TPSA) is 46.2 Å². The number of aryl methyl sites for hydroxylation is 1. The normalized spacial score (nSPS) is 13.9. The lowest BCUT2D eigenvalue weighted by Crippen LogP contribution is -2.10. The number of alkyl halides is 3. The lowest BCUT2D eigenvalue weighted by Gasteiger charge is -2.15. The summed E-state index contributed by atoms with van der Waals surface area (Å²) in [6.07, 6.45) is -4.80. The molecule has 1 aromatic rings. The highest BCUT2D eigenvalue weighted by Crippen LogP contribution is 2.31. The van der Waals surface area contributed by atoms with Gasteiger partial charge in [-0.2, -0.15) is 13.2 Å². The van der Waals surface area contributed by atoms with Gasteiger partial charge in [-0.3, -0.25) is 0 Å². The van der Waals surface area contributed by atoms with Crippen LogP contribution in [0.25, 0.3) is 0 Å². The van der Waals surface area contributed by atoms with E-state index in [4.69, 9.17) is 5.73 Å². The van der Waals surface area contributed by atoms with Gasteiger partial charge in [0, 0.05) is 0 Å². The molecule has 1 aromatic carbocycles. The molecule has 0 spiro atoms. The largest absolute Gasteiger partial charge is 0.416 e. The van der Waals surface area contributed by atoms with Gasteiger partial charge < -0.3 is 10.8 Å². The zero-order valence-electron chi connectivity index (χ0n) is 8.88. The summed E-state index contributed by atoms with van der Waals surface area (Å²) in [6.45, 7) is 1.84. The average molecular weight is 233 g/mol. The Morgan fingerprint density at radius 1 is 1.38 bits per heavy atom. The van der Waals surface area contributed by atoms with Crippen LogP contribution in [0.4, 0.5) is 13.2 Å². The predicted molar refractivity (Wildman–Crippen MR) is 54.8 cm³/mol. The Morgan fingerprint density at radius 2 is 2.00 bits per heavy atom. The van der Waals surface area contributed by atoms with Gasteiger partial charge in [0.15, 0.2) is 0 Å². The Balaban J connectivity index is 3.00. The fraction of sp³-hybridized carbons (Fsp3) is 0.455. The maximum absolute atomic E-state index is 12.4. The third-order valence-corrected chi connectivity index (χ3v) is 2.40. The number of hydrogen-bond donors (Lipinski definition) is 2. The van der Waals surface area contributed by atoms with Crippen molar-refractivity contribution in [2.24, 2.45) is 5.73 Å². The highest BCUT2D eigenvalue weighted by Gasteiger charge is 2.30. The lowest BCUT2D eigenvalue weighted by molar-refractivity contribution is -0.137. The molecular weight excluding hydrogens is 219 g/mol. The van der Waals surface area contributed by atoms with Gasteiger partial charge in [-0.25, -0.2) is 0 Å². The Hall–Kier alpha value is -1.07. The zero-order chi connectivity index (χ0) is 12.3. The first-order valence-corrected chi connectivity index (χ1v) is 4.92. The van der Waals surface area contributed by atoms with Crippen LogP contribution in [-0.2, 0) is 6.18 Å². The Bertz CT molecular complexity index is 363. The summed E-state index contributed by atoms with van der Waals surface area (Å²) >= 11 is 0. The molecule has 16 heavy (non-hydrogen) atoms. The number of hydrogen-bond acceptors (Lipinski definition) is 2. The smallest absolute Gasteiger partial charge is 0.388 e. The van der Waals surface area contributed by atoms with Crippen LogP contribution < -0.4 is 5.73 Å². The molecule has 0 amide bonds. The number of aliphatic hydroxyl groups is 1. The number of aliphatic hydroxyl groups excluding tert-OH is 1. The highest BCUT2D eigenvalue weighted by molar-refractivity contribution is 5.33. The molecule has 90 valence electrons. The van der Waals surface area contributed by atoms with E-state index in [9.17, 15) is 18.3 Å². The molecule has 0 fully saturated rings. The summed E-state index contributed by atoms with van der Waals surface area (Å²) in [5.41, 5.74) is 5.50. The first kappa shape index (κ1) is 13.0. The molecule has 0 heterocycles. The monoisotopic (exact) mass is 233 g/mol. The van der Waals surface area contributed by atoms with Gasteiger partial charge in [0.2, 0.25) is 0 Å². The van der Waals surface area contributed by atoms with Gasteiger partial charge in [-0.05, 0) is 43.1 Å². The third kappa shape index (κ3) is 2.96. The van der Waals surface area contributed by atoms with Crippen LogP contribution >= 0.6 is 0 Å². The van der Waals surface area contributed by atoms with Crippen molar-refractivity contribution in [3.63, 3.8) is 0 Å². The van der Waals surface area contributed by atoms with Crippen molar-refractivity contribution in [1.82, 2.24) is 0 Å². The molecule has 0 aliphatic rings. The molecule has 2 nitrogen and oxygen atoms in total. The summed E-state index contributed by atoms with van der Waals surface area (Å²) in [4.78, 5) is 0. The summed E-state index contributed by atoms with van der Waals surface area (Å²) < 4.78 is 37.1. The first-order chi connectivity index (χ1) is 7.36. The molecule has 0 aromatic heterocycles. The molecule has 0 aliphatic carbocycles. The average Bonchev–Trinajstić information content (AvgIpc) is 2.16. The van der Waals surface area contributed by atoms with E-state index >= 15 is 0 Å². The summed E-state index contributed by atoms with van der Waals surface area (Å²) in [5.74, 6) is 0. The Labute approximate surface area is 91.9 Å². The van der Waals surface area contributed by atoms with Crippen molar-refractivity contribution in [1.29, 1.82) is 0 Å². The molecule has 0 aliphatic heterocycles. The van der Waals surface area contributed by atoms with Crippen LogP contribution in [0.2, 0.25) is 0 Å². The molecule has 0 bridgehead atoms. The molecule has 0 saturated heterocycles. The standard InChI is InChI=1S/C11H14F3NO/c1-7-6-8(11(12,13)14)2-3-9(7)10(16)4-5-15/h2-3,6,10,16H,4-5,15H2,1H3. The summed E-state index contributed by atoms with van der Waals surface area (Å²) in [6, 6.07) is 3.32. The van der Waals surface area contributed by atoms with E-state index in [2.05, 4.69) is 0 Å². The van der Waals surface area contributed by atoms with Crippen LogP contribution in [0.1, 0.15) is 29.2 Å². The lowest BCUT2D eigenvalue weighted by atomic mass is 9.99. The fourth-order valence-electron chi connectivity index (χ4n) is 1.54. The molecule has 1 rings (SSSR count). The van der Waals surface area contributed by atoms with Gasteiger partial charge in [0.25, 0.3) is 0 Å². The maximum atomic E-state index is 12.4. The zero-order valence-corrected chi connectivity index (χ0v) is 8.88. The van der Waals surface area contributed by atoms with Crippen molar-refractivity contribution in [3.8, 4) is 0 Å². The van der Waals surface area contributed by atoms with Gasteiger partial charge in [0.05, 0.1) is 11.7 Å². The van der Waals surface area contributed by atoms with Crippen LogP contribution in [0.15, 0.2) is 18.2 Å². The van der Waals surface area contributed by atoms with Crippen LogP contribution in [-0.4, -0.2) is 11.7 Å². The van der Waals surface area contributed by atoms with Crippen LogP contribution in [0, 0.1) is 6.92 Å². The molecule has 0 radical (unpaired) electrons. The molecule has 1 unspecified atom stereocenters. The number of benzene rings is 1. The van der Waals surface area contributed by atoms with Crippen LogP contribution in [0.5, 0.6) is 0 Å². The van der Waals surface area contributed by atoms with Crippen molar-refractivity contribution < 1.29 is 18.3 Å². The molecule has 1 atom stereocenters. The van der Waals surface area contributed by atoms with Crippen LogP contribution in [0.3, 0.4) is 0 Å². The summed E-state index contributed by atoms with van der Waals surface area (Å²) in [5, 5.41) is 9.63. The Morgan fingerprint density at radius 3 is 2.44 bits per heavy atom. The van der Waals surface area contributed by atoms with E-state index in [1.54, 1.807) is 6.92 Å². The minimum absolute atomic E-state index is 0.293. The van der Waals surface area contributed by atoms with Gasteiger partial charge >= 0.3 is 6.18 Å². The van der Waals surface area contributed by atoms with E-state index < -0.39 is 17.8 Å². The maximum Gasteiger partial charge on any atom is 0.416 e. The number of nitrogens with two attached hydrogens (primary N) is 1. The van der Waals surface area contributed by atoms with Gasteiger partial charge in [-0.15, -0.1) is 0 Å². The van der Waals surface area contributed by atoms with Crippen molar-refractivity contribution in [2.75, 3.05) is 6.54 Å². The van der Waals surface area contributed by atoms with E-state index in [1.807, 2.05) is 0 Å². The molecule has 5 heteroatoms. The third-order valence-electron chi connectivity index (χ3n) is 2.40. The number of rotatable bonds is 3. The van der Waals surface area contributed by atoms with Gasteiger partial charge in [0.1, 0.15) is 0 Å². The highest BCUT2D eigenvalue weighted by atomic mass is 19.4. The SMILES string of the molecule is Cc1cc(C(F)(F)F)ccc1C(O)CCN. The molecule has 3 N–H and O–H groups in total. The first-order valence-electron chi connectivity index (χ1n) is 4.92. The quantitative estimate of drug-likeness (QED) is 0.842. The summed E-state index contributed by atoms with van der Waals surface area (Å²) in [7, 11) is 0. The Kier molecular flexibility index (Phi) is 3.93. The van der Waals surface area contributed by atoms with E-state index in [1.165, 1.54) is 6.07 Å². The van der Waals surface area contributed by atoms with Crippen molar-refractivity contribution in [2.45, 2.75) is 25.6 Å². The second-order valence-electron chi connectivity index (χ2n) is 3.66. The fourth-order valence-corrected chi connectivity index (χ4v) is 1.54. The second-order valence-corrected chi connectivity index (χ2v) is 3.66. The van der Waals surface area contributed by atoms with E-state index in [0.29, 0.717) is 24.1 Å². The molecular formula is C11H14F3NO. The minimum atomic E-state index is -4.35.